The Hall–Kier alpha value is -1.69. The van der Waals surface area contributed by atoms with Crippen LogP contribution in [0.3, 0.4) is 0 Å². The molecule has 2 aromatic rings. The third-order valence-corrected chi connectivity index (χ3v) is 2.86. The maximum absolute atomic E-state index is 13.5. The average Bonchev–Trinajstić information content (AvgIpc) is 2.41. The van der Waals surface area contributed by atoms with Crippen LogP contribution in [0.4, 0.5) is 14.6 Å². The molecule has 0 fully saturated rings. The highest BCUT2D eigenvalue weighted by atomic mass is 79.9. The summed E-state index contributed by atoms with van der Waals surface area (Å²) in [7, 11) is 1.75. The van der Waals surface area contributed by atoms with Gasteiger partial charge in [0.15, 0.2) is 11.6 Å². The number of hydrogen-bond donors (Lipinski definition) is 1. The average molecular weight is 329 g/mol. The number of ether oxygens (including phenoxy) is 1. The molecule has 0 radical (unpaired) electrons. The van der Waals surface area contributed by atoms with Gasteiger partial charge in [0, 0.05) is 11.5 Å². The smallest absolute Gasteiger partial charge is 0.200 e. The molecule has 6 heteroatoms. The highest BCUT2D eigenvalue weighted by Gasteiger charge is 2.11. The molecular formula is C13H11BrF2N2O. The van der Waals surface area contributed by atoms with Crippen LogP contribution in [0.5, 0.6) is 5.75 Å². The summed E-state index contributed by atoms with van der Waals surface area (Å²) in [5.41, 5.74) is 0.617. The van der Waals surface area contributed by atoms with Crippen molar-refractivity contribution in [2.24, 2.45) is 0 Å². The van der Waals surface area contributed by atoms with Crippen molar-refractivity contribution in [2.75, 3.05) is 12.4 Å². The van der Waals surface area contributed by atoms with Crippen LogP contribution in [-0.4, -0.2) is 12.0 Å². The largest absolute Gasteiger partial charge is 0.484 e. The summed E-state index contributed by atoms with van der Waals surface area (Å²) < 4.78 is 32.3. The number of hydrogen-bond acceptors (Lipinski definition) is 3. The van der Waals surface area contributed by atoms with Crippen LogP contribution in [0.25, 0.3) is 0 Å². The van der Waals surface area contributed by atoms with Gasteiger partial charge < -0.3 is 10.1 Å². The normalized spacial score (nSPS) is 10.3. The van der Waals surface area contributed by atoms with E-state index in [0.717, 1.165) is 6.07 Å². The fraction of sp³-hybridized carbons (Fsp3) is 0.154. The van der Waals surface area contributed by atoms with Gasteiger partial charge in [0.2, 0.25) is 5.82 Å². The van der Waals surface area contributed by atoms with Gasteiger partial charge in [-0.3, -0.25) is 0 Å². The zero-order valence-corrected chi connectivity index (χ0v) is 11.7. The third kappa shape index (κ3) is 3.41. The lowest BCUT2D eigenvalue weighted by Gasteiger charge is -2.09. The topological polar surface area (TPSA) is 34.1 Å². The van der Waals surface area contributed by atoms with Crippen molar-refractivity contribution >= 4 is 21.7 Å². The van der Waals surface area contributed by atoms with Gasteiger partial charge in [0.1, 0.15) is 12.4 Å². The summed E-state index contributed by atoms with van der Waals surface area (Å²) in [4.78, 5) is 4.22. The highest BCUT2D eigenvalue weighted by molar-refractivity contribution is 9.10. The number of nitrogens with zero attached hydrogens (tertiary/aromatic N) is 1. The van der Waals surface area contributed by atoms with Crippen molar-refractivity contribution in [1.82, 2.24) is 4.98 Å². The summed E-state index contributed by atoms with van der Waals surface area (Å²) in [5, 5.41) is 2.89. The zero-order chi connectivity index (χ0) is 13.8. The van der Waals surface area contributed by atoms with Gasteiger partial charge in [-0.25, -0.2) is 9.37 Å². The predicted molar refractivity (Wildman–Crippen MR) is 72.2 cm³/mol. The van der Waals surface area contributed by atoms with Gasteiger partial charge in [-0.15, -0.1) is 0 Å². The summed E-state index contributed by atoms with van der Waals surface area (Å²) in [6.07, 6.45) is 0. The Kier molecular flexibility index (Phi) is 4.31. The van der Waals surface area contributed by atoms with E-state index in [0.29, 0.717) is 16.0 Å². The number of rotatable bonds is 4. The quantitative estimate of drug-likeness (QED) is 0.868. The first-order valence-electron chi connectivity index (χ1n) is 5.51. The minimum absolute atomic E-state index is 0.0579. The molecule has 0 bridgehead atoms. The van der Waals surface area contributed by atoms with Gasteiger partial charge in [-0.2, -0.15) is 4.39 Å². The molecule has 0 aliphatic rings. The van der Waals surface area contributed by atoms with E-state index < -0.39 is 11.6 Å². The van der Waals surface area contributed by atoms with Crippen LogP contribution in [0, 0.1) is 11.6 Å². The Balaban J connectivity index is 2.14. The molecule has 0 saturated heterocycles. The Morgan fingerprint density at radius 2 is 2.11 bits per heavy atom. The van der Waals surface area contributed by atoms with Crippen LogP contribution in [0.2, 0.25) is 0 Å². The fourth-order valence-electron chi connectivity index (χ4n) is 1.49. The SMILES string of the molecule is CNc1cccc(COc2cc(Br)cc(F)c2F)n1. The number of anilines is 1. The van der Waals surface area contributed by atoms with Gasteiger partial charge in [0.25, 0.3) is 0 Å². The predicted octanol–water partition coefficient (Wildman–Crippen LogP) is 3.74. The number of aromatic nitrogens is 1. The minimum Gasteiger partial charge on any atom is -0.484 e. The van der Waals surface area contributed by atoms with Crippen molar-refractivity contribution in [2.45, 2.75) is 6.61 Å². The summed E-state index contributed by atoms with van der Waals surface area (Å²) in [5.74, 6) is -1.43. The first-order valence-corrected chi connectivity index (χ1v) is 6.30. The van der Waals surface area contributed by atoms with Crippen LogP contribution < -0.4 is 10.1 Å². The molecule has 1 aromatic carbocycles. The van der Waals surface area contributed by atoms with E-state index in [1.807, 2.05) is 0 Å². The van der Waals surface area contributed by atoms with Gasteiger partial charge in [0.05, 0.1) is 5.69 Å². The van der Waals surface area contributed by atoms with Crippen molar-refractivity contribution in [3.63, 3.8) is 0 Å². The second kappa shape index (κ2) is 5.97. The molecule has 0 saturated carbocycles. The Labute approximate surface area is 117 Å². The molecule has 0 atom stereocenters. The van der Waals surface area contributed by atoms with E-state index in [2.05, 4.69) is 26.2 Å². The molecule has 1 aromatic heterocycles. The molecule has 1 heterocycles. The molecular weight excluding hydrogens is 318 g/mol. The third-order valence-electron chi connectivity index (χ3n) is 2.40. The first-order chi connectivity index (χ1) is 9.10. The van der Waals surface area contributed by atoms with Crippen molar-refractivity contribution in [3.8, 4) is 5.75 Å². The number of halogens is 3. The summed E-state index contributed by atoms with van der Waals surface area (Å²) in [6, 6.07) is 7.76. The molecule has 2 rings (SSSR count). The second-order valence-corrected chi connectivity index (χ2v) is 4.67. The Morgan fingerprint density at radius 1 is 1.32 bits per heavy atom. The monoisotopic (exact) mass is 328 g/mol. The standard InChI is InChI=1S/C13H11BrF2N2O/c1-17-12-4-2-3-9(18-12)7-19-11-6-8(14)5-10(15)13(11)16/h2-6H,7H2,1H3,(H,17,18). The molecule has 3 nitrogen and oxygen atoms in total. The van der Waals surface area contributed by atoms with Crippen molar-refractivity contribution < 1.29 is 13.5 Å². The van der Waals surface area contributed by atoms with Gasteiger partial charge in [-0.1, -0.05) is 22.0 Å². The van der Waals surface area contributed by atoms with Crippen molar-refractivity contribution in [1.29, 1.82) is 0 Å². The molecule has 100 valence electrons. The fourth-order valence-corrected chi connectivity index (χ4v) is 1.90. The lowest BCUT2D eigenvalue weighted by Crippen LogP contribution is -2.02. The van der Waals surface area contributed by atoms with Crippen molar-refractivity contribution in [3.05, 3.63) is 52.1 Å². The van der Waals surface area contributed by atoms with E-state index >= 15 is 0 Å². The lowest BCUT2D eigenvalue weighted by molar-refractivity contribution is 0.280. The minimum atomic E-state index is -1.01. The summed E-state index contributed by atoms with van der Waals surface area (Å²) in [6.45, 7) is 0.0579. The number of nitrogens with one attached hydrogen (secondary N) is 1. The number of benzene rings is 1. The maximum Gasteiger partial charge on any atom is 0.200 e. The first kappa shape index (κ1) is 13.7. The van der Waals surface area contributed by atoms with E-state index in [1.54, 1.807) is 25.2 Å². The molecule has 0 aliphatic carbocycles. The van der Waals surface area contributed by atoms with Gasteiger partial charge in [-0.05, 0) is 24.3 Å². The van der Waals surface area contributed by atoms with Crippen LogP contribution in [-0.2, 0) is 6.61 Å². The number of pyridine rings is 1. The molecule has 0 aliphatic heterocycles. The maximum atomic E-state index is 13.5. The second-order valence-electron chi connectivity index (χ2n) is 3.75. The lowest BCUT2D eigenvalue weighted by atomic mass is 10.3. The van der Waals surface area contributed by atoms with E-state index in [1.165, 1.54) is 6.07 Å². The molecule has 1 N–H and O–H groups in total. The Morgan fingerprint density at radius 3 is 2.84 bits per heavy atom. The van der Waals surface area contributed by atoms with E-state index in [9.17, 15) is 8.78 Å². The molecule has 19 heavy (non-hydrogen) atoms. The van der Waals surface area contributed by atoms with E-state index in [4.69, 9.17) is 4.74 Å². The molecule has 0 spiro atoms. The van der Waals surface area contributed by atoms with E-state index in [-0.39, 0.29) is 12.4 Å². The highest BCUT2D eigenvalue weighted by Crippen LogP contribution is 2.26. The Bertz CT molecular complexity index is 593. The zero-order valence-electron chi connectivity index (χ0n) is 10.1. The molecule has 0 unspecified atom stereocenters. The molecule has 0 amide bonds. The van der Waals surface area contributed by atoms with Crippen LogP contribution >= 0.6 is 15.9 Å². The van der Waals surface area contributed by atoms with Gasteiger partial charge >= 0.3 is 0 Å². The van der Waals surface area contributed by atoms with Crippen LogP contribution in [0.1, 0.15) is 5.69 Å². The van der Waals surface area contributed by atoms with Crippen LogP contribution in [0.15, 0.2) is 34.8 Å². The summed E-state index contributed by atoms with van der Waals surface area (Å²) >= 11 is 3.08.